The normalized spacial score (nSPS) is 22.3. The highest BCUT2D eigenvalue weighted by Crippen LogP contribution is 2.43. The van der Waals surface area contributed by atoms with Crippen LogP contribution in [0.4, 0.5) is 8.78 Å². The average Bonchev–Trinajstić information content (AvgIpc) is 3.02. The molecule has 6 heteroatoms. The fourth-order valence-electron chi connectivity index (χ4n) is 4.44. The lowest BCUT2D eigenvalue weighted by Crippen LogP contribution is -2.47. The molecule has 2 unspecified atom stereocenters. The molecular formula is C20H23F2N3O. The van der Waals surface area contributed by atoms with Gasteiger partial charge in [0.15, 0.2) is 11.6 Å². The Morgan fingerprint density at radius 2 is 2.08 bits per heavy atom. The summed E-state index contributed by atoms with van der Waals surface area (Å²) >= 11 is 0. The molecule has 26 heavy (non-hydrogen) atoms. The van der Waals surface area contributed by atoms with Gasteiger partial charge in [0.25, 0.3) is 0 Å². The van der Waals surface area contributed by atoms with Crippen LogP contribution in [0, 0.1) is 17.6 Å². The maximum absolute atomic E-state index is 14.8. The summed E-state index contributed by atoms with van der Waals surface area (Å²) in [6.07, 6.45) is 4.44. The van der Waals surface area contributed by atoms with Crippen LogP contribution in [0.5, 0.6) is 0 Å². The molecule has 0 saturated carbocycles. The van der Waals surface area contributed by atoms with E-state index in [1.807, 2.05) is 33.2 Å². The molecule has 0 fully saturated rings. The second kappa shape index (κ2) is 6.20. The van der Waals surface area contributed by atoms with Gasteiger partial charge in [0.05, 0.1) is 5.92 Å². The van der Waals surface area contributed by atoms with E-state index in [0.717, 1.165) is 22.9 Å². The summed E-state index contributed by atoms with van der Waals surface area (Å²) < 4.78 is 29.0. The van der Waals surface area contributed by atoms with E-state index in [9.17, 15) is 13.6 Å². The Hall–Kier alpha value is -2.21. The maximum Gasteiger partial charge on any atom is 0.230 e. The molecule has 1 N–H and O–H groups in total. The molecule has 1 aromatic heterocycles. The van der Waals surface area contributed by atoms with Crippen LogP contribution in [0.25, 0.3) is 16.5 Å². The van der Waals surface area contributed by atoms with E-state index in [4.69, 9.17) is 0 Å². The van der Waals surface area contributed by atoms with Crippen LogP contribution in [-0.2, 0) is 11.2 Å². The fourth-order valence-corrected chi connectivity index (χ4v) is 4.44. The van der Waals surface area contributed by atoms with Crippen LogP contribution in [0.1, 0.15) is 25.0 Å². The largest absolute Gasteiger partial charge is 0.361 e. The molecule has 1 amide bonds. The number of fused-ring (bicyclic) bond motifs is 2. The number of likely N-dealkylation sites (N-methyl/N-ethyl adjacent to an activating group) is 1. The van der Waals surface area contributed by atoms with E-state index in [2.05, 4.69) is 9.88 Å². The summed E-state index contributed by atoms with van der Waals surface area (Å²) in [4.78, 5) is 19.8. The van der Waals surface area contributed by atoms with Gasteiger partial charge >= 0.3 is 0 Å². The number of aromatic nitrogens is 1. The van der Waals surface area contributed by atoms with Crippen molar-refractivity contribution < 1.29 is 13.6 Å². The summed E-state index contributed by atoms with van der Waals surface area (Å²) in [5, 5.41) is 0.746. The molecular weight excluding hydrogens is 336 g/mol. The smallest absolute Gasteiger partial charge is 0.230 e. The van der Waals surface area contributed by atoms with Gasteiger partial charge in [0.2, 0.25) is 5.91 Å². The van der Waals surface area contributed by atoms with Gasteiger partial charge in [-0.3, -0.25) is 9.69 Å². The molecule has 1 aliphatic carbocycles. The minimum Gasteiger partial charge on any atom is -0.361 e. The molecule has 2 heterocycles. The third-order valence-electron chi connectivity index (χ3n) is 5.79. The molecule has 138 valence electrons. The zero-order chi connectivity index (χ0) is 18.6. The van der Waals surface area contributed by atoms with Crippen molar-refractivity contribution in [2.24, 2.45) is 5.92 Å². The predicted molar refractivity (Wildman–Crippen MR) is 97.7 cm³/mol. The van der Waals surface area contributed by atoms with Crippen LogP contribution in [0.15, 0.2) is 18.3 Å². The van der Waals surface area contributed by atoms with Crippen LogP contribution in [0.2, 0.25) is 0 Å². The third-order valence-corrected chi connectivity index (χ3v) is 5.79. The molecule has 2 aliphatic rings. The number of halogens is 2. The molecule has 0 radical (unpaired) electrons. The summed E-state index contributed by atoms with van der Waals surface area (Å²) in [5.41, 5.74) is 2.65. The Kier molecular flexibility index (Phi) is 4.10. The first-order chi connectivity index (χ1) is 12.5. The molecule has 1 aromatic carbocycles. The molecule has 1 aliphatic heterocycles. The SMILES string of the molecule is CCN(CC)C(=O)C1C=C2c3c(F)c(F)cc4[nH]cc(c34)CC2N(C)C1. The Morgan fingerprint density at radius 3 is 2.77 bits per heavy atom. The molecule has 4 rings (SSSR count). The van der Waals surface area contributed by atoms with E-state index in [0.29, 0.717) is 30.7 Å². The van der Waals surface area contributed by atoms with Gasteiger partial charge in [-0.1, -0.05) is 6.08 Å². The van der Waals surface area contributed by atoms with Gasteiger partial charge < -0.3 is 9.88 Å². The lowest BCUT2D eigenvalue weighted by molar-refractivity contribution is -0.134. The highest BCUT2D eigenvalue weighted by molar-refractivity contribution is 5.99. The number of H-pyrrole nitrogens is 1. The van der Waals surface area contributed by atoms with Gasteiger partial charge in [-0.25, -0.2) is 8.78 Å². The quantitative estimate of drug-likeness (QED) is 0.914. The summed E-state index contributed by atoms with van der Waals surface area (Å²) in [5.74, 6) is -1.98. The molecule has 2 aromatic rings. The van der Waals surface area contributed by atoms with Crippen molar-refractivity contribution in [3.63, 3.8) is 0 Å². The minimum atomic E-state index is -0.859. The number of carbonyl (C=O) groups excluding carboxylic acids is 1. The average molecular weight is 359 g/mol. The van der Waals surface area contributed by atoms with Crippen molar-refractivity contribution in [2.75, 3.05) is 26.7 Å². The monoisotopic (exact) mass is 359 g/mol. The summed E-state index contributed by atoms with van der Waals surface area (Å²) in [6, 6.07) is 1.17. The number of amides is 1. The van der Waals surface area contributed by atoms with Crippen LogP contribution in [0.3, 0.4) is 0 Å². The number of aromatic amines is 1. The summed E-state index contributed by atoms with van der Waals surface area (Å²) in [7, 11) is 1.95. The van der Waals surface area contributed by atoms with Crippen molar-refractivity contribution in [2.45, 2.75) is 26.3 Å². The first kappa shape index (κ1) is 17.2. The molecule has 0 spiro atoms. The second-order valence-corrected chi connectivity index (χ2v) is 7.18. The Balaban J connectivity index is 1.88. The van der Waals surface area contributed by atoms with Crippen LogP contribution >= 0.6 is 0 Å². The number of carbonyl (C=O) groups is 1. The zero-order valence-electron chi connectivity index (χ0n) is 15.3. The van der Waals surface area contributed by atoms with E-state index in [1.54, 1.807) is 4.90 Å². The Labute approximate surface area is 151 Å². The lowest BCUT2D eigenvalue weighted by Gasteiger charge is -2.40. The van der Waals surface area contributed by atoms with E-state index < -0.39 is 11.6 Å². The minimum absolute atomic E-state index is 0.0423. The first-order valence-electron chi connectivity index (χ1n) is 9.15. The van der Waals surface area contributed by atoms with E-state index in [1.165, 1.54) is 6.07 Å². The van der Waals surface area contributed by atoms with Crippen LogP contribution in [-0.4, -0.2) is 53.4 Å². The fraction of sp³-hybridized carbons (Fsp3) is 0.450. The van der Waals surface area contributed by atoms with Gasteiger partial charge in [0, 0.05) is 54.4 Å². The first-order valence-corrected chi connectivity index (χ1v) is 9.15. The topological polar surface area (TPSA) is 39.3 Å². The van der Waals surface area contributed by atoms with E-state index in [-0.39, 0.29) is 17.9 Å². The zero-order valence-corrected chi connectivity index (χ0v) is 15.3. The number of hydrogen-bond acceptors (Lipinski definition) is 2. The second-order valence-electron chi connectivity index (χ2n) is 7.18. The number of rotatable bonds is 3. The van der Waals surface area contributed by atoms with Crippen molar-refractivity contribution in [3.8, 4) is 0 Å². The summed E-state index contributed by atoms with van der Waals surface area (Å²) in [6.45, 7) is 5.77. The maximum atomic E-state index is 14.8. The third kappa shape index (κ3) is 2.39. The highest BCUT2D eigenvalue weighted by atomic mass is 19.2. The molecule has 2 atom stereocenters. The van der Waals surface area contributed by atoms with Gasteiger partial charge in [0.1, 0.15) is 0 Å². The lowest BCUT2D eigenvalue weighted by atomic mass is 9.79. The van der Waals surface area contributed by atoms with Crippen LogP contribution < -0.4 is 0 Å². The van der Waals surface area contributed by atoms with Crippen molar-refractivity contribution in [1.82, 2.24) is 14.8 Å². The highest BCUT2D eigenvalue weighted by Gasteiger charge is 2.38. The predicted octanol–water partition coefficient (Wildman–Crippen LogP) is 3.18. The van der Waals surface area contributed by atoms with Crippen molar-refractivity contribution in [3.05, 3.63) is 41.1 Å². The number of hydrogen-bond donors (Lipinski definition) is 1. The molecule has 0 saturated heterocycles. The van der Waals surface area contributed by atoms with Gasteiger partial charge in [-0.05, 0) is 38.5 Å². The standard InChI is InChI=1S/C20H23F2N3O/c1-4-25(5-2)20(26)12-6-13-16(24(3)10-12)7-11-9-23-15-8-14(21)19(22)18(13)17(11)15/h6,8-9,12,16,23H,4-5,7,10H2,1-3H3. The number of benzene rings is 1. The van der Waals surface area contributed by atoms with Crippen molar-refractivity contribution in [1.29, 1.82) is 0 Å². The Morgan fingerprint density at radius 1 is 1.35 bits per heavy atom. The number of nitrogens with zero attached hydrogens (tertiary/aromatic N) is 2. The van der Waals surface area contributed by atoms with E-state index >= 15 is 0 Å². The molecule has 0 bridgehead atoms. The molecule has 4 nitrogen and oxygen atoms in total. The van der Waals surface area contributed by atoms with Gasteiger partial charge in [-0.15, -0.1) is 0 Å². The number of nitrogens with one attached hydrogen (secondary N) is 1. The van der Waals surface area contributed by atoms with Gasteiger partial charge in [-0.2, -0.15) is 0 Å². The Bertz CT molecular complexity index is 913. The van der Waals surface area contributed by atoms with Crippen molar-refractivity contribution >= 4 is 22.4 Å².